The van der Waals surface area contributed by atoms with Crippen molar-refractivity contribution < 1.29 is 14.4 Å². The van der Waals surface area contributed by atoms with Crippen molar-refractivity contribution in [1.82, 2.24) is 10.2 Å². The predicted octanol–water partition coefficient (Wildman–Crippen LogP) is 4.49. The van der Waals surface area contributed by atoms with Gasteiger partial charge in [0.1, 0.15) is 0 Å². The number of carbonyl (C=O) groups is 3. The van der Waals surface area contributed by atoms with Gasteiger partial charge in [-0.25, -0.2) is 0 Å². The molecule has 3 aliphatic rings. The van der Waals surface area contributed by atoms with Crippen molar-refractivity contribution >= 4 is 34.2 Å². The lowest BCUT2D eigenvalue weighted by Crippen LogP contribution is -2.48. The molecule has 6 nitrogen and oxygen atoms in total. The molecule has 0 radical (unpaired) electrons. The average molecular weight is 448 g/mol. The van der Waals surface area contributed by atoms with Crippen molar-refractivity contribution in [3.8, 4) is 0 Å². The monoisotopic (exact) mass is 447 g/mol. The molecule has 2 aromatic rings. The first-order chi connectivity index (χ1) is 16.1. The molecule has 3 amide bonds. The van der Waals surface area contributed by atoms with Crippen molar-refractivity contribution in [2.75, 3.05) is 18.4 Å². The van der Waals surface area contributed by atoms with Crippen LogP contribution < -0.4 is 10.6 Å². The van der Waals surface area contributed by atoms with Crippen molar-refractivity contribution in [2.24, 2.45) is 11.8 Å². The van der Waals surface area contributed by atoms with E-state index in [1.165, 1.54) is 6.42 Å². The summed E-state index contributed by atoms with van der Waals surface area (Å²) in [5, 5.41) is 8.12. The molecule has 0 aromatic heterocycles. The second kappa shape index (κ2) is 9.54. The van der Waals surface area contributed by atoms with Crippen LogP contribution in [0.1, 0.15) is 68.1 Å². The molecular formula is C27H33N3O3. The van der Waals surface area contributed by atoms with Crippen LogP contribution in [0, 0.1) is 11.8 Å². The first-order valence-corrected chi connectivity index (χ1v) is 12.5. The Morgan fingerprint density at radius 2 is 1.45 bits per heavy atom. The van der Waals surface area contributed by atoms with Crippen molar-refractivity contribution in [1.29, 1.82) is 0 Å². The minimum absolute atomic E-state index is 0.00568. The molecule has 174 valence electrons. The Labute approximate surface area is 195 Å². The van der Waals surface area contributed by atoms with Gasteiger partial charge in [0.2, 0.25) is 11.8 Å². The Balaban J connectivity index is 1.25. The molecule has 0 spiro atoms. The minimum atomic E-state index is -0.163. The number of fused-ring (bicyclic) bond motifs is 1. The van der Waals surface area contributed by atoms with Crippen LogP contribution in [0.3, 0.4) is 0 Å². The molecule has 2 saturated carbocycles. The zero-order chi connectivity index (χ0) is 22.8. The first kappa shape index (κ1) is 21.9. The number of hydrogen-bond donors (Lipinski definition) is 2. The summed E-state index contributed by atoms with van der Waals surface area (Å²) < 4.78 is 0. The van der Waals surface area contributed by atoms with E-state index in [9.17, 15) is 14.4 Å². The largest absolute Gasteiger partial charge is 0.349 e. The van der Waals surface area contributed by atoms with Gasteiger partial charge in [0.05, 0.1) is 11.3 Å². The van der Waals surface area contributed by atoms with Gasteiger partial charge in [-0.05, 0) is 61.4 Å². The summed E-state index contributed by atoms with van der Waals surface area (Å²) in [6, 6.07) is 11.7. The fraction of sp³-hybridized carbons (Fsp3) is 0.519. The number of amides is 3. The van der Waals surface area contributed by atoms with E-state index in [1.807, 2.05) is 41.3 Å². The maximum absolute atomic E-state index is 13.3. The number of benzene rings is 2. The molecule has 5 rings (SSSR count). The molecule has 1 saturated heterocycles. The predicted molar refractivity (Wildman–Crippen MR) is 129 cm³/mol. The van der Waals surface area contributed by atoms with E-state index in [-0.39, 0.29) is 29.7 Å². The number of rotatable bonds is 5. The third-order valence-electron chi connectivity index (χ3n) is 7.43. The maximum Gasteiger partial charge on any atom is 0.253 e. The molecule has 0 unspecified atom stereocenters. The van der Waals surface area contributed by atoms with E-state index in [0.717, 1.165) is 62.1 Å². The summed E-state index contributed by atoms with van der Waals surface area (Å²) in [6.45, 7) is 1.40. The molecule has 33 heavy (non-hydrogen) atoms. The SMILES string of the molecule is O=C(NC1CCN(C(=O)C2CCCCC2)CC1)c1cc2ccccc2cc1NC(=O)C1CC1. The molecule has 0 atom stereocenters. The summed E-state index contributed by atoms with van der Waals surface area (Å²) in [6.07, 6.45) is 8.97. The quantitative estimate of drug-likeness (QED) is 0.709. The van der Waals surface area contributed by atoms with Crippen LogP contribution in [0.25, 0.3) is 10.8 Å². The Bertz CT molecular complexity index is 1050. The van der Waals surface area contributed by atoms with Crippen LogP contribution in [0.15, 0.2) is 36.4 Å². The normalized spacial score (nSPS) is 19.9. The van der Waals surface area contributed by atoms with Gasteiger partial charge in [0.25, 0.3) is 5.91 Å². The highest BCUT2D eigenvalue weighted by Gasteiger charge is 2.32. The van der Waals surface area contributed by atoms with Crippen LogP contribution in [0.2, 0.25) is 0 Å². The lowest BCUT2D eigenvalue weighted by Gasteiger charge is -2.35. The van der Waals surface area contributed by atoms with E-state index in [2.05, 4.69) is 10.6 Å². The summed E-state index contributed by atoms with van der Waals surface area (Å²) in [7, 11) is 0. The molecule has 2 N–H and O–H groups in total. The number of carbonyl (C=O) groups excluding carboxylic acids is 3. The van der Waals surface area contributed by atoms with Crippen molar-refractivity contribution in [3.05, 3.63) is 42.0 Å². The number of likely N-dealkylation sites (tertiary alicyclic amines) is 1. The fourth-order valence-electron chi connectivity index (χ4n) is 5.23. The summed E-state index contributed by atoms with van der Waals surface area (Å²) >= 11 is 0. The van der Waals surface area contributed by atoms with Crippen LogP contribution >= 0.6 is 0 Å². The fourth-order valence-corrected chi connectivity index (χ4v) is 5.23. The standard InChI is InChI=1S/C27H33N3O3/c31-25(18-10-11-18)29-24-17-21-9-5-4-8-20(21)16-23(24)26(32)28-22-12-14-30(15-13-22)27(33)19-6-2-1-3-7-19/h4-5,8-9,16-19,22H,1-3,6-7,10-15H2,(H,28,32)(H,29,31). The number of piperidine rings is 1. The Morgan fingerprint density at radius 3 is 2.12 bits per heavy atom. The lowest BCUT2D eigenvalue weighted by molar-refractivity contribution is -0.137. The molecule has 0 bridgehead atoms. The Hall–Kier alpha value is -2.89. The lowest BCUT2D eigenvalue weighted by atomic mass is 9.87. The van der Waals surface area contributed by atoms with Crippen LogP contribution in [0.5, 0.6) is 0 Å². The highest BCUT2D eigenvalue weighted by atomic mass is 16.2. The van der Waals surface area contributed by atoms with E-state index in [4.69, 9.17) is 0 Å². The number of nitrogens with zero attached hydrogens (tertiary/aromatic N) is 1. The van der Waals surface area contributed by atoms with Crippen LogP contribution in [-0.4, -0.2) is 41.8 Å². The Kier molecular flexibility index (Phi) is 6.34. The maximum atomic E-state index is 13.3. The number of anilines is 1. The zero-order valence-corrected chi connectivity index (χ0v) is 19.1. The summed E-state index contributed by atoms with van der Waals surface area (Å²) in [5.74, 6) is 0.399. The molecule has 3 fully saturated rings. The van der Waals surface area contributed by atoms with Gasteiger partial charge < -0.3 is 15.5 Å². The van der Waals surface area contributed by atoms with Crippen LogP contribution in [-0.2, 0) is 9.59 Å². The second-order valence-electron chi connectivity index (χ2n) is 9.92. The van der Waals surface area contributed by atoms with Crippen LogP contribution in [0.4, 0.5) is 5.69 Å². The summed E-state index contributed by atoms with van der Waals surface area (Å²) in [5.41, 5.74) is 1.08. The van der Waals surface area contributed by atoms with Crippen molar-refractivity contribution in [3.63, 3.8) is 0 Å². The molecule has 1 heterocycles. The smallest absolute Gasteiger partial charge is 0.253 e. The van der Waals surface area contributed by atoms with Gasteiger partial charge in [-0.1, -0.05) is 43.5 Å². The third kappa shape index (κ3) is 5.05. The summed E-state index contributed by atoms with van der Waals surface area (Å²) in [4.78, 5) is 40.5. The van der Waals surface area contributed by atoms with Gasteiger partial charge in [0.15, 0.2) is 0 Å². The molecule has 2 aliphatic carbocycles. The van der Waals surface area contributed by atoms with Gasteiger partial charge in [0, 0.05) is 31.0 Å². The minimum Gasteiger partial charge on any atom is -0.349 e. The topological polar surface area (TPSA) is 78.5 Å². The van der Waals surface area contributed by atoms with E-state index in [1.54, 1.807) is 0 Å². The average Bonchev–Trinajstić information content (AvgIpc) is 3.70. The first-order valence-electron chi connectivity index (χ1n) is 12.5. The van der Waals surface area contributed by atoms with E-state index in [0.29, 0.717) is 30.2 Å². The van der Waals surface area contributed by atoms with E-state index < -0.39 is 0 Å². The molecular weight excluding hydrogens is 414 g/mol. The third-order valence-corrected chi connectivity index (χ3v) is 7.43. The molecule has 6 heteroatoms. The second-order valence-corrected chi connectivity index (χ2v) is 9.92. The zero-order valence-electron chi connectivity index (χ0n) is 19.1. The molecule has 2 aromatic carbocycles. The van der Waals surface area contributed by atoms with Gasteiger partial charge in [-0.2, -0.15) is 0 Å². The van der Waals surface area contributed by atoms with Gasteiger partial charge in [-0.15, -0.1) is 0 Å². The molecule has 1 aliphatic heterocycles. The Morgan fingerprint density at radius 1 is 0.788 bits per heavy atom. The van der Waals surface area contributed by atoms with E-state index >= 15 is 0 Å². The number of hydrogen-bond acceptors (Lipinski definition) is 3. The highest BCUT2D eigenvalue weighted by Crippen LogP contribution is 2.32. The number of nitrogens with one attached hydrogen (secondary N) is 2. The van der Waals surface area contributed by atoms with Gasteiger partial charge in [-0.3, -0.25) is 14.4 Å². The highest BCUT2D eigenvalue weighted by molar-refractivity contribution is 6.08. The van der Waals surface area contributed by atoms with Gasteiger partial charge >= 0.3 is 0 Å². The van der Waals surface area contributed by atoms with Crippen molar-refractivity contribution in [2.45, 2.75) is 63.8 Å².